The predicted octanol–water partition coefficient (Wildman–Crippen LogP) is 7.05. The summed E-state index contributed by atoms with van der Waals surface area (Å²) in [5.41, 5.74) is 12.3. The Kier molecular flexibility index (Phi) is 4.87. The van der Waals surface area contributed by atoms with Gasteiger partial charge >= 0.3 is 0 Å². The second-order valence-electron chi connectivity index (χ2n) is 7.55. The molecule has 1 N–H and O–H groups in total. The Hall–Kier alpha value is -3.13. The number of hydrogen-bond donors (Lipinski definition) is 1. The van der Waals surface area contributed by atoms with Crippen molar-refractivity contribution < 1.29 is 0 Å². The molecule has 0 fully saturated rings. The Morgan fingerprint density at radius 2 is 1.54 bits per heavy atom. The molecule has 1 aliphatic rings. The van der Waals surface area contributed by atoms with Crippen molar-refractivity contribution in [3.63, 3.8) is 0 Å². The number of benzene rings is 3. The van der Waals surface area contributed by atoms with Crippen LogP contribution in [-0.4, -0.2) is 6.21 Å². The number of nitrogens with one attached hydrogen (secondary N) is 1. The molecule has 28 heavy (non-hydrogen) atoms. The minimum Gasteiger partial charge on any atom is -0.279 e. The number of allylic oxidation sites excluding steroid dienone is 4. The van der Waals surface area contributed by atoms with Crippen molar-refractivity contribution in [2.24, 2.45) is 11.0 Å². The van der Waals surface area contributed by atoms with E-state index in [1.807, 2.05) is 36.5 Å². The van der Waals surface area contributed by atoms with Gasteiger partial charge in [0.15, 0.2) is 0 Å². The van der Waals surface area contributed by atoms with Crippen LogP contribution >= 0.6 is 0 Å². The Balaban J connectivity index is 1.83. The molecule has 0 spiro atoms. The van der Waals surface area contributed by atoms with Crippen LogP contribution in [-0.2, 0) is 0 Å². The van der Waals surface area contributed by atoms with Crippen molar-refractivity contribution in [3.05, 3.63) is 94.6 Å². The van der Waals surface area contributed by atoms with E-state index in [1.165, 1.54) is 44.2 Å². The van der Waals surface area contributed by atoms with Gasteiger partial charge in [-0.1, -0.05) is 67.1 Å². The number of nitrogens with zero attached hydrogens (tertiary/aromatic N) is 1. The van der Waals surface area contributed by atoms with Crippen molar-refractivity contribution in [1.29, 1.82) is 0 Å². The maximum absolute atomic E-state index is 4.57. The highest BCUT2D eigenvalue weighted by atomic mass is 15.3. The van der Waals surface area contributed by atoms with Gasteiger partial charge in [0.1, 0.15) is 0 Å². The van der Waals surface area contributed by atoms with E-state index in [9.17, 15) is 0 Å². The summed E-state index contributed by atoms with van der Waals surface area (Å²) in [6.07, 6.45) is 1.97. The van der Waals surface area contributed by atoms with Crippen LogP contribution in [0.1, 0.15) is 38.8 Å². The lowest BCUT2D eigenvalue weighted by atomic mass is 9.87. The Morgan fingerprint density at radius 1 is 0.821 bits per heavy atom. The molecule has 2 heteroatoms. The fourth-order valence-electron chi connectivity index (χ4n) is 4.15. The van der Waals surface area contributed by atoms with E-state index in [1.54, 1.807) is 0 Å². The monoisotopic (exact) mass is 366 g/mol. The van der Waals surface area contributed by atoms with Crippen LogP contribution in [0.4, 0.5) is 5.69 Å². The number of hydrogen-bond acceptors (Lipinski definition) is 2. The molecule has 0 amide bonds. The number of rotatable bonds is 4. The molecule has 0 heterocycles. The van der Waals surface area contributed by atoms with Crippen LogP contribution in [0.15, 0.2) is 88.6 Å². The summed E-state index contributed by atoms with van der Waals surface area (Å²) >= 11 is 0. The fraction of sp³-hybridized carbons (Fsp3) is 0.192. The van der Waals surface area contributed by atoms with Gasteiger partial charge in [-0.15, -0.1) is 0 Å². The summed E-state index contributed by atoms with van der Waals surface area (Å²) in [6, 6.07) is 23.1. The molecule has 0 aliphatic heterocycles. The average Bonchev–Trinajstić information content (AvgIpc) is 2.92. The zero-order valence-electron chi connectivity index (χ0n) is 17.0. The Labute approximate surface area is 167 Å². The minimum absolute atomic E-state index is 0.426. The number of para-hydroxylation sites is 1. The van der Waals surface area contributed by atoms with Gasteiger partial charge in [0.05, 0.1) is 11.9 Å². The third kappa shape index (κ3) is 3.16. The summed E-state index contributed by atoms with van der Waals surface area (Å²) in [7, 11) is 0. The molecular weight excluding hydrogens is 340 g/mol. The molecule has 4 rings (SSSR count). The van der Waals surface area contributed by atoms with Gasteiger partial charge in [-0.25, -0.2) is 0 Å². The molecule has 1 unspecified atom stereocenters. The summed E-state index contributed by atoms with van der Waals surface area (Å²) in [5.74, 6) is 0.426. The maximum Gasteiger partial charge on any atom is 0.0561 e. The van der Waals surface area contributed by atoms with Crippen LogP contribution in [0.5, 0.6) is 0 Å². The first kappa shape index (κ1) is 18.2. The van der Waals surface area contributed by atoms with Crippen molar-refractivity contribution in [2.75, 3.05) is 5.43 Å². The second kappa shape index (κ2) is 7.47. The molecule has 0 bridgehead atoms. The zero-order valence-corrected chi connectivity index (χ0v) is 17.0. The fourth-order valence-corrected chi connectivity index (χ4v) is 4.15. The number of anilines is 1. The largest absolute Gasteiger partial charge is 0.279 e. The second-order valence-corrected chi connectivity index (χ2v) is 7.55. The number of hydrazone groups is 1. The summed E-state index contributed by atoms with van der Waals surface area (Å²) in [6.45, 7) is 9.04. The summed E-state index contributed by atoms with van der Waals surface area (Å²) in [5, 5.41) is 7.03. The van der Waals surface area contributed by atoms with E-state index >= 15 is 0 Å². The molecule has 3 aromatic carbocycles. The zero-order chi connectivity index (χ0) is 19.7. The first-order chi connectivity index (χ1) is 13.6. The third-order valence-electron chi connectivity index (χ3n) is 6.06. The molecule has 0 saturated heterocycles. The molecule has 1 aliphatic carbocycles. The summed E-state index contributed by atoms with van der Waals surface area (Å²) in [4.78, 5) is 0. The topological polar surface area (TPSA) is 24.4 Å². The van der Waals surface area contributed by atoms with Crippen LogP contribution < -0.4 is 5.43 Å². The highest BCUT2D eigenvalue weighted by molar-refractivity contribution is 6.05. The lowest BCUT2D eigenvalue weighted by Gasteiger charge is -2.17. The van der Waals surface area contributed by atoms with E-state index in [0.29, 0.717) is 5.92 Å². The SMILES string of the molecule is CC1=C(C)C(C)C(c2ccc3ccccc3c2C=NNc2ccccc2)=C1C. The maximum atomic E-state index is 4.57. The van der Waals surface area contributed by atoms with Gasteiger partial charge in [0.2, 0.25) is 0 Å². The lowest BCUT2D eigenvalue weighted by Crippen LogP contribution is -2.02. The third-order valence-corrected chi connectivity index (χ3v) is 6.06. The normalized spacial score (nSPS) is 17.2. The van der Waals surface area contributed by atoms with Crippen LogP contribution in [0, 0.1) is 5.92 Å². The minimum atomic E-state index is 0.426. The Bertz CT molecular complexity index is 1120. The molecule has 0 aromatic heterocycles. The molecule has 0 radical (unpaired) electrons. The van der Waals surface area contributed by atoms with Gasteiger partial charge in [-0.05, 0) is 66.0 Å². The van der Waals surface area contributed by atoms with E-state index in [0.717, 1.165) is 5.69 Å². The van der Waals surface area contributed by atoms with E-state index in [-0.39, 0.29) is 0 Å². The van der Waals surface area contributed by atoms with Gasteiger partial charge in [0.25, 0.3) is 0 Å². The molecule has 1 atom stereocenters. The van der Waals surface area contributed by atoms with Crippen molar-refractivity contribution in [2.45, 2.75) is 27.7 Å². The standard InChI is InChI=1S/C26H26N2/c1-17-18(2)20(4)26(19(17)3)24-15-14-21-10-8-9-13-23(21)25(24)16-27-28-22-11-6-5-7-12-22/h5-16,19,28H,1-4H3. The van der Waals surface area contributed by atoms with E-state index in [2.05, 4.69) is 74.6 Å². The molecule has 3 aromatic rings. The molecular formula is C26H26N2. The number of fused-ring (bicyclic) bond motifs is 1. The quantitative estimate of drug-likeness (QED) is 0.388. The van der Waals surface area contributed by atoms with Gasteiger partial charge in [-0.2, -0.15) is 5.10 Å². The highest BCUT2D eigenvalue weighted by Crippen LogP contribution is 2.44. The van der Waals surface area contributed by atoms with E-state index < -0.39 is 0 Å². The van der Waals surface area contributed by atoms with Gasteiger partial charge < -0.3 is 0 Å². The van der Waals surface area contributed by atoms with Crippen molar-refractivity contribution in [3.8, 4) is 0 Å². The average molecular weight is 367 g/mol. The smallest absolute Gasteiger partial charge is 0.0561 e. The highest BCUT2D eigenvalue weighted by Gasteiger charge is 2.26. The van der Waals surface area contributed by atoms with Gasteiger partial charge in [0, 0.05) is 11.5 Å². The first-order valence-electron chi connectivity index (χ1n) is 9.82. The molecule has 140 valence electrons. The predicted molar refractivity (Wildman–Crippen MR) is 122 cm³/mol. The molecule has 2 nitrogen and oxygen atoms in total. The van der Waals surface area contributed by atoms with Crippen molar-refractivity contribution >= 4 is 28.2 Å². The first-order valence-corrected chi connectivity index (χ1v) is 9.82. The van der Waals surface area contributed by atoms with Crippen LogP contribution in [0.2, 0.25) is 0 Å². The lowest BCUT2D eigenvalue weighted by molar-refractivity contribution is 0.895. The summed E-state index contributed by atoms with van der Waals surface area (Å²) < 4.78 is 0. The van der Waals surface area contributed by atoms with Crippen LogP contribution in [0.3, 0.4) is 0 Å². The molecule has 0 saturated carbocycles. The Morgan fingerprint density at radius 3 is 2.25 bits per heavy atom. The van der Waals surface area contributed by atoms with E-state index in [4.69, 9.17) is 0 Å². The van der Waals surface area contributed by atoms with Gasteiger partial charge in [-0.3, -0.25) is 5.43 Å². The van der Waals surface area contributed by atoms with Crippen molar-refractivity contribution in [1.82, 2.24) is 0 Å². The van der Waals surface area contributed by atoms with Crippen LogP contribution in [0.25, 0.3) is 16.3 Å².